The van der Waals surface area contributed by atoms with Crippen LogP contribution in [-0.4, -0.2) is 31.9 Å². The van der Waals surface area contributed by atoms with E-state index in [4.69, 9.17) is 20.0 Å². The van der Waals surface area contributed by atoms with E-state index in [1.165, 1.54) is 0 Å². The van der Waals surface area contributed by atoms with Gasteiger partial charge in [0.05, 0.1) is 11.1 Å². The molecule has 0 aliphatic carbocycles. The van der Waals surface area contributed by atoms with Crippen molar-refractivity contribution in [1.82, 2.24) is 0 Å². The molecule has 0 fully saturated rings. The highest BCUT2D eigenvalue weighted by atomic mass is 31.2. The molecule has 0 heterocycles. The molecule has 0 aromatic heterocycles. The monoisotopic (exact) mass is 230 g/mol. The van der Waals surface area contributed by atoms with E-state index < -0.39 is 25.9 Å². The van der Waals surface area contributed by atoms with Crippen LogP contribution in [0, 0.1) is 0 Å². The van der Waals surface area contributed by atoms with Crippen molar-refractivity contribution in [2.24, 2.45) is 0 Å². The highest BCUT2D eigenvalue weighted by Crippen LogP contribution is 2.24. The lowest BCUT2D eigenvalue weighted by Gasteiger charge is -2.07. The van der Waals surface area contributed by atoms with Crippen LogP contribution in [0.1, 0.15) is 20.7 Å². The molecule has 1 rings (SSSR count). The minimum absolute atomic E-state index is 0.178. The normalized spacial score (nSPS) is 10.3. The van der Waals surface area contributed by atoms with E-state index in [2.05, 4.69) is 0 Å². The highest BCUT2D eigenvalue weighted by molar-refractivity contribution is 7.54. The minimum Gasteiger partial charge on any atom is -0.478 e. The first kappa shape index (κ1) is 11.6. The zero-order chi connectivity index (χ0) is 11.6. The van der Waals surface area contributed by atoms with Crippen LogP contribution in [0.25, 0.3) is 0 Å². The summed E-state index contributed by atoms with van der Waals surface area (Å²) in [5.74, 6) is -2.67. The fourth-order valence-electron chi connectivity index (χ4n) is 1.01. The lowest BCUT2D eigenvalue weighted by atomic mass is 10.1. The predicted molar refractivity (Wildman–Crippen MR) is 51.4 cm³/mol. The molecule has 0 atom stereocenters. The van der Waals surface area contributed by atoms with Gasteiger partial charge in [0.15, 0.2) is 8.38 Å². The summed E-state index contributed by atoms with van der Waals surface area (Å²) in [6.07, 6.45) is 0. The van der Waals surface area contributed by atoms with Gasteiger partial charge in [-0.05, 0) is 18.2 Å². The van der Waals surface area contributed by atoms with Gasteiger partial charge in [-0.2, -0.15) is 0 Å². The van der Waals surface area contributed by atoms with Gasteiger partial charge in [0.1, 0.15) is 0 Å². The third kappa shape index (κ3) is 2.50. The second-order valence-corrected chi connectivity index (χ2v) is 3.69. The van der Waals surface area contributed by atoms with Crippen molar-refractivity contribution < 1.29 is 29.6 Å². The molecule has 1 aromatic carbocycles. The van der Waals surface area contributed by atoms with Crippen LogP contribution in [0.5, 0.6) is 0 Å². The Balaban J connectivity index is 3.33. The Labute approximate surface area is 85.3 Å². The quantitative estimate of drug-likeness (QED) is 0.543. The van der Waals surface area contributed by atoms with Gasteiger partial charge in [-0.3, -0.25) is 0 Å². The van der Waals surface area contributed by atoms with Gasteiger partial charge in [-0.25, -0.2) is 9.59 Å². The van der Waals surface area contributed by atoms with Crippen LogP contribution in [0.2, 0.25) is 0 Å². The van der Waals surface area contributed by atoms with Crippen molar-refractivity contribution >= 4 is 25.6 Å². The molecule has 15 heavy (non-hydrogen) atoms. The fraction of sp³-hybridized carbons (Fsp3) is 0. The number of rotatable bonds is 3. The fourth-order valence-corrected chi connectivity index (χ4v) is 1.60. The predicted octanol–water partition coefficient (Wildman–Crippen LogP) is 0.00480. The van der Waals surface area contributed by atoms with E-state index >= 15 is 0 Å². The summed E-state index contributed by atoms with van der Waals surface area (Å²) in [7, 11) is -2.55. The maximum absolute atomic E-state index is 10.7. The van der Waals surface area contributed by atoms with E-state index in [-0.39, 0.29) is 10.9 Å². The second-order valence-electron chi connectivity index (χ2n) is 2.63. The summed E-state index contributed by atoms with van der Waals surface area (Å²) in [6.45, 7) is 0. The number of carboxylic acids is 2. The average molecular weight is 230 g/mol. The number of hydrogen-bond donors (Lipinski definition) is 4. The number of carboxylic acid groups (broad SMARTS) is 2. The highest BCUT2D eigenvalue weighted by Gasteiger charge is 2.18. The first-order valence-corrected chi connectivity index (χ1v) is 4.96. The van der Waals surface area contributed by atoms with Crippen molar-refractivity contribution in [2.45, 2.75) is 0 Å². The Bertz CT molecular complexity index is 414. The van der Waals surface area contributed by atoms with Crippen LogP contribution in [0.15, 0.2) is 18.2 Å². The van der Waals surface area contributed by atoms with Crippen LogP contribution in [-0.2, 0) is 0 Å². The van der Waals surface area contributed by atoms with Gasteiger partial charge in [0.25, 0.3) is 0 Å². The third-order valence-corrected chi connectivity index (χ3v) is 2.51. The molecular weight excluding hydrogens is 223 g/mol. The summed E-state index contributed by atoms with van der Waals surface area (Å²) in [4.78, 5) is 39.0. The summed E-state index contributed by atoms with van der Waals surface area (Å²) in [5, 5.41) is 17.1. The SMILES string of the molecule is O=C(O)c1ccc(P(O)O)c(C(=O)O)c1. The Morgan fingerprint density at radius 3 is 2.07 bits per heavy atom. The summed E-state index contributed by atoms with van der Waals surface area (Å²) < 4.78 is 0. The number of benzene rings is 1. The van der Waals surface area contributed by atoms with Gasteiger partial charge < -0.3 is 20.0 Å². The van der Waals surface area contributed by atoms with Crippen LogP contribution < -0.4 is 5.30 Å². The van der Waals surface area contributed by atoms with E-state index in [0.29, 0.717) is 0 Å². The van der Waals surface area contributed by atoms with Gasteiger partial charge in [-0.1, -0.05) is 0 Å². The van der Waals surface area contributed by atoms with E-state index in [9.17, 15) is 9.59 Å². The lowest BCUT2D eigenvalue weighted by Crippen LogP contribution is -2.15. The molecule has 7 heteroatoms. The van der Waals surface area contributed by atoms with Crippen molar-refractivity contribution in [3.05, 3.63) is 29.3 Å². The molecule has 0 spiro atoms. The molecule has 0 radical (unpaired) electrons. The standard InChI is InChI=1S/C8H7O6P/c9-7(10)4-1-2-6(15(13)14)5(3-4)8(11)12/h1-3,13-14H,(H,9,10)(H,11,12). The number of carbonyl (C=O) groups is 2. The van der Waals surface area contributed by atoms with Crippen LogP contribution >= 0.6 is 8.38 Å². The zero-order valence-corrected chi connectivity index (χ0v) is 8.18. The molecule has 0 bridgehead atoms. The maximum atomic E-state index is 10.7. The molecule has 0 saturated carbocycles. The van der Waals surface area contributed by atoms with Gasteiger partial charge >= 0.3 is 11.9 Å². The van der Waals surface area contributed by atoms with E-state index in [0.717, 1.165) is 18.2 Å². The molecule has 4 N–H and O–H groups in total. The average Bonchev–Trinajstić information content (AvgIpc) is 2.16. The molecule has 6 nitrogen and oxygen atoms in total. The lowest BCUT2D eigenvalue weighted by molar-refractivity contribution is 0.0696. The smallest absolute Gasteiger partial charge is 0.336 e. The minimum atomic E-state index is -2.55. The largest absolute Gasteiger partial charge is 0.478 e. The molecule has 0 aliphatic heterocycles. The van der Waals surface area contributed by atoms with Crippen molar-refractivity contribution in [1.29, 1.82) is 0 Å². The summed E-state index contributed by atoms with van der Waals surface area (Å²) in [6, 6.07) is 3.09. The maximum Gasteiger partial charge on any atom is 0.336 e. The van der Waals surface area contributed by atoms with Crippen molar-refractivity contribution in [3.63, 3.8) is 0 Å². The molecular formula is C8H7O6P. The van der Waals surface area contributed by atoms with E-state index in [1.807, 2.05) is 0 Å². The van der Waals surface area contributed by atoms with Gasteiger partial charge in [-0.15, -0.1) is 0 Å². The Morgan fingerprint density at radius 1 is 1.07 bits per heavy atom. The molecule has 0 aliphatic rings. The van der Waals surface area contributed by atoms with Crippen LogP contribution in [0.3, 0.4) is 0 Å². The summed E-state index contributed by atoms with van der Waals surface area (Å²) in [5.41, 5.74) is -0.626. The van der Waals surface area contributed by atoms with E-state index in [1.54, 1.807) is 0 Å². The molecule has 0 amide bonds. The Morgan fingerprint density at radius 2 is 1.67 bits per heavy atom. The second kappa shape index (κ2) is 4.35. The van der Waals surface area contributed by atoms with Gasteiger partial charge in [0, 0.05) is 5.30 Å². The van der Waals surface area contributed by atoms with Crippen molar-refractivity contribution in [3.8, 4) is 0 Å². The zero-order valence-electron chi connectivity index (χ0n) is 7.28. The first-order valence-electron chi connectivity index (χ1n) is 3.72. The number of aromatic carboxylic acids is 2. The Hall–Kier alpha value is -1.49. The molecule has 0 saturated heterocycles. The first-order chi connectivity index (χ1) is 6.93. The molecule has 80 valence electrons. The van der Waals surface area contributed by atoms with Crippen molar-refractivity contribution in [2.75, 3.05) is 0 Å². The topological polar surface area (TPSA) is 115 Å². The molecule has 0 unspecified atom stereocenters. The van der Waals surface area contributed by atoms with Crippen LogP contribution in [0.4, 0.5) is 0 Å². The number of hydrogen-bond acceptors (Lipinski definition) is 4. The molecule has 1 aromatic rings. The Kier molecular flexibility index (Phi) is 3.36. The third-order valence-electron chi connectivity index (χ3n) is 1.69. The summed E-state index contributed by atoms with van der Waals surface area (Å²) >= 11 is 0. The van der Waals surface area contributed by atoms with Gasteiger partial charge in [0.2, 0.25) is 0 Å².